The highest BCUT2D eigenvalue weighted by Crippen LogP contribution is 1.89. The number of amidine groups is 1. The summed E-state index contributed by atoms with van der Waals surface area (Å²) in [6, 6.07) is 0. The maximum atomic E-state index is 3.99. The summed E-state index contributed by atoms with van der Waals surface area (Å²) in [6.45, 7) is 1.88. The monoisotopic (exact) mass is 108 g/mol. The highest BCUT2D eigenvalue weighted by Gasteiger charge is 1.82. The molecule has 0 amide bonds. The molecule has 0 radical (unpaired) electrons. The van der Waals surface area contributed by atoms with Crippen LogP contribution in [0.1, 0.15) is 13.3 Å². The zero-order chi connectivity index (χ0) is 5.82. The van der Waals surface area contributed by atoms with Crippen LogP contribution in [-0.4, -0.2) is 12.1 Å². The Kier molecular flexibility index (Phi) is 1.57. The molecule has 0 aromatic heterocycles. The van der Waals surface area contributed by atoms with Gasteiger partial charge in [0, 0.05) is 18.8 Å². The lowest BCUT2D eigenvalue weighted by Gasteiger charge is -1.80. The molecule has 0 fully saturated rings. The molecule has 0 aliphatic carbocycles. The standard InChI is InChI=1S/C6H8N2/c1-6-7-4-2-3-5-8-6/h2,4-5H,3H2,1H3. The molecule has 1 aliphatic rings. The maximum Gasteiger partial charge on any atom is 0.124 e. The lowest BCUT2D eigenvalue weighted by molar-refractivity contribution is 1.47. The average Bonchev–Trinajstić information content (AvgIpc) is 1.94. The van der Waals surface area contributed by atoms with Crippen LogP contribution in [0.25, 0.3) is 0 Å². The smallest absolute Gasteiger partial charge is 0.124 e. The molecule has 2 heteroatoms. The maximum absolute atomic E-state index is 3.99. The number of hydrogen-bond donors (Lipinski definition) is 0. The van der Waals surface area contributed by atoms with E-state index in [0.717, 1.165) is 12.3 Å². The van der Waals surface area contributed by atoms with E-state index in [1.165, 1.54) is 0 Å². The molecule has 1 heterocycles. The number of rotatable bonds is 0. The third kappa shape index (κ3) is 1.30. The Labute approximate surface area is 48.7 Å². The second kappa shape index (κ2) is 2.40. The van der Waals surface area contributed by atoms with Gasteiger partial charge in [-0.3, -0.25) is 0 Å². The number of hydrogen-bond acceptors (Lipinski definition) is 2. The molecule has 2 nitrogen and oxygen atoms in total. The molecule has 8 heavy (non-hydrogen) atoms. The molecule has 0 saturated carbocycles. The molecule has 0 aromatic rings. The van der Waals surface area contributed by atoms with Crippen molar-refractivity contribution >= 4 is 12.1 Å². The van der Waals surface area contributed by atoms with E-state index in [-0.39, 0.29) is 0 Å². The average molecular weight is 108 g/mol. The van der Waals surface area contributed by atoms with Gasteiger partial charge in [-0.1, -0.05) is 6.08 Å². The summed E-state index contributed by atoms with van der Waals surface area (Å²) in [5.74, 6) is 0.832. The number of allylic oxidation sites excluding steroid dienone is 1. The summed E-state index contributed by atoms with van der Waals surface area (Å²) >= 11 is 0. The molecule has 42 valence electrons. The van der Waals surface area contributed by atoms with Crippen molar-refractivity contribution in [2.45, 2.75) is 13.3 Å². The lowest BCUT2D eigenvalue weighted by atomic mass is 10.4. The van der Waals surface area contributed by atoms with Gasteiger partial charge >= 0.3 is 0 Å². The van der Waals surface area contributed by atoms with Gasteiger partial charge in [-0.25, -0.2) is 9.98 Å². The summed E-state index contributed by atoms with van der Waals surface area (Å²) in [4.78, 5) is 7.95. The van der Waals surface area contributed by atoms with Gasteiger partial charge in [-0.15, -0.1) is 0 Å². The predicted molar refractivity (Wildman–Crippen MR) is 35.4 cm³/mol. The minimum atomic E-state index is 0.832. The minimum Gasteiger partial charge on any atom is -0.246 e. The third-order valence-corrected chi connectivity index (χ3v) is 0.886. The van der Waals surface area contributed by atoms with Crippen molar-refractivity contribution in [1.29, 1.82) is 0 Å². The van der Waals surface area contributed by atoms with E-state index in [2.05, 4.69) is 9.98 Å². The van der Waals surface area contributed by atoms with Gasteiger partial charge in [-0.05, 0) is 6.92 Å². The summed E-state index contributed by atoms with van der Waals surface area (Å²) in [5, 5.41) is 0. The quantitative estimate of drug-likeness (QED) is 0.448. The van der Waals surface area contributed by atoms with Crippen LogP contribution in [0.15, 0.2) is 22.3 Å². The molecule has 0 bridgehead atoms. The van der Waals surface area contributed by atoms with Gasteiger partial charge in [0.15, 0.2) is 0 Å². The first-order valence-electron chi connectivity index (χ1n) is 2.61. The molecule has 0 unspecified atom stereocenters. The normalized spacial score (nSPS) is 17.9. The van der Waals surface area contributed by atoms with E-state index >= 15 is 0 Å². The fourth-order valence-electron chi connectivity index (χ4n) is 0.500. The van der Waals surface area contributed by atoms with Crippen molar-refractivity contribution in [2.24, 2.45) is 9.98 Å². The summed E-state index contributed by atoms with van der Waals surface area (Å²) in [7, 11) is 0. The second-order valence-corrected chi connectivity index (χ2v) is 1.61. The molecule has 0 spiro atoms. The molecular weight excluding hydrogens is 100 g/mol. The SMILES string of the molecule is CC1=NC=CCC=N1. The summed E-state index contributed by atoms with van der Waals surface area (Å²) in [5.41, 5.74) is 0. The van der Waals surface area contributed by atoms with Gasteiger partial charge in [0.25, 0.3) is 0 Å². The van der Waals surface area contributed by atoms with Crippen molar-refractivity contribution in [1.82, 2.24) is 0 Å². The highest BCUT2D eigenvalue weighted by molar-refractivity contribution is 5.88. The fraction of sp³-hybridized carbons (Fsp3) is 0.333. The summed E-state index contributed by atoms with van der Waals surface area (Å²) in [6.07, 6.45) is 6.51. The first-order chi connectivity index (χ1) is 3.89. The Hall–Kier alpha value is -0.920. The number of nitrogens with zero attached hydrogens (tertiary/aromatic N) is 2. The van der Waals surface area contributed by atoms with Crippen LogP contribution >= 0.6 is 0 Å². The molecule has 0 N–H and O–H groups in total. The van der Waals surface area contributed by atoms with Crippen LogP contribution in [0.3, 0.4) is 0 Å². The Morgan fingerprint density at radius 3 is 3.38 bits per heavy atom. The topological polar surface area (TPSA) is 24.7 Å². The van der Waals surface area contributed by atoms with Crippen LogP contribution < -0.4 is 0 Å². The van der Waals surface area contributed by atoms with Crippen molar-refractivity contribution < 1.29 is 0 Å². The predicted octanol–water partition coefficient (Wildman–Crippen LogP) is 1.39. The van der Waals surface area contributed by atoms with Gasteiger partial charge in [0.1, 0.15) is 5.84 Å². The largest absolute Gasteiger partial charge is 0.246 e. The summed E-state index contributed by atoms with van der Waals surface area (Å²) < 4.78 is 0. The van der Waals surface area contributed by atoms with E-state index in [1.807, 2.05) is 19.2 Å². The van der Waals surface area contributed by atoms with E-state index in [0.29, 0.717) is 0 Å². The van der Waals surface area contributed by atoms with E-state index in [4.69, 9.17) is 0 Å². The highest BCUT2D eigenvalue weighted by atomic mass is 14.9. The van der Waals surface area contributed by atoms with Gasteiger partial charge in [0.2, 0.25) is 0 Å². The van der Waals surface area contributed by atoms with Crippen LogP contribution in [0, 0.1) is 0 Å². The van der Waals surface area contributed by atoms with Crippen LogP contribution in [0.5, 0.6) is 0 Å². The van der Waals surface area contributed by atoms with E-state index in [9.17, 15) is 0 Å². The van der Waals surface area contributed by atoms with Crippen LogP contribution in [0.4, 0.5) is 0 Å². The fourth-order valence-corrected chi connectivity index (χ4v) is 0.500. The Balaban J connectivity index is 2.73. The van der Waals surface area contributed by atoms with Gasteiger partial charge in [0.05, 0.1) is 0 Å². The van der Waals surface area contributed by atoms with Crippen molar-refractivity contribution in [2.75, 3.05) is 0 Å². The van der Waals surface area contributed by atoms with Crippen molar-refractivity contribution in [3.8, 4) is 0 Å². The zero-order valence-corrected chi connectivity index (χ0v) is 4.83. The first-order valence-corrected chi connectivity index (χ1v) is 2.61. The third-order valence-electron chi connectivity index (χ3n) is 0.886. The Morgan fingerprint density at radius 2 is 2.50 bits per heavy atom. The number of aliphatic imine (C=N–C) groups is 2. The van der Waals surface area contributed by atoms with E-state index < -0.39 is 0 Å². The van der Waals surface area contributed by atoms with Gasteiger partial charge < -0.3 is 0 Å². The second-order valence-electron chi connectivity index (χ2n) is 1.61. The van der Waals surface area contributed by atoms with Crippen molar-refractivity contribution in [3.63, 3.8) is 0 Å². The lowest BCUT2D eigenvalue weighted by Crippen LogP contribution is -1.80. The molecule has 0 atom stereocenters. The minimum absolute atomic E-state index is 0.832. The Morgan fingerprint density at radius 1 is 1.62 bits per heavy atom. The van der Waals surface area contributed by atoms with Gasteiger partial charge in [-0.2, -0.15) is 0 Å². The molecule has 0 saturated heterocycles. The van der Waals surface area contributed by atoms with Crippen LogP contribution in [-0.2, 0) is 0 Å². The zero-order valence-electron chi connectivity index (χ0n) is 4.83. The molecular formula is C6H8N2. The molecule has 0 aromatic carbocycles. The van der Waals surface area contributed by atoms with E-state index in [1.54, 1.807) is 6.20 Å². The van der Waals surface area contributed by atoms with Crippen LogP contribution in [0.2, 0.25) is 0 Å². The molecule has 1 aliphatic heterocycles. The first kappa shape index (κ1) is 5.22. The van der Waals surface area contributed by atoms with Crippen molar-refractivity contribution in [3.05, 3.63) is 12.3 Å². The molecule has 1 rings (SSSR count). The Bertz CT molecular complexity index is 154.